The molecule has 0 unspecified atom stereocenters. The molecule has 0 amide bonds. The molecule has 0 aliphatic rings. The molecule has 3 aromatic rings. The van der Waals surface area contributed by atoms with Crippen molar-refractivity contribution in [3.63, 3.8) is 0 Å². The lowest BCUT2D eigenvalue weighted by molar-refractivity contribution is 0.439. The number of hydrazone groups is 2. The number of hydrogen-bond acceptors (Lipinski definition) is 4. The van der Waals surface area contributed by atoms with Crippen LogP contribution in [0, 0.1) is 0 Å². The maximum atomic E-state index is 5.36. The summed E-state index contributed by atoms with van der Waals surface area (Å²) in [6.07, 6.45) is 1.59. The third kappa shape index (κ3) is 9.78. The Morgan fingerprint density at radius 3 is 1.35 bits per heavy atom. The normalized spacial score (nSPS) is 12.9. The summed E-state index contributed by atoms with van der Waals surface area (Å²) >= 11 is 0. The molecule has 196 valence electrons. The van der Waals surface area contributed by atoms with Crippen LogP contribution in [0.15, 0.2) is 101 Å². The van der Waals surface area contributed by atoms with Gasteiger partial charge < -0.3 is 9.35 Å². The second kappa shape index (κ2) is 13.0. The van der Waals surface area contributed by atoms with Crippen molar-refractivity contribution in [1.82, 2.24) is 9.35 Å². The topological polar surface area (TPSA) is 31.2 Å². The van der Waals surface area contributed by atoms with Crippen LogP contribution >= 0.6 is 0 Å². The lowest BCUT2D eigenvalue weighted by Crippen LogP contribution is -2.43. The molecule has 0 saturated heterocycles. The summed E-state index contributed by atoms with van der Waals surface area (Å²) in [5.41, 5.74) is 6.17. The predicted molar refractivity (Wildman–Crippen MR) is 166 cm³/mol. The molecule has 0 spiro atoms. The lowest BCUT2D eigenvalue weighted by Gasteiger charge is -2.33. The van der Waals surface area contributed by atoms with Gasteiger partial charge in [0.2, 0.25) is 0 Å². The van der Waals surface area contributed by atoms with Crippen LogP contribution in [-0.2, 0) is 19.5 Å². The Balaban J connectivity index is 1.92. The fourth-order valence-electron chi connectivity index (χ4n) is 4.03. The van der Waals surface area contributed by atoms with Crippen LogP contribution in [0.2, 0.25) is 39.3 Å². The average Bonchev–Trinajstić information content (AvgIpc) is 2.84. The van der Waals surface area contributed by atoms with Gasteiger partial charge in [-0.3, -0.25) is 0 Å². The molecular formula is C31H44N4Si2. The zero-order valence-electron chi connectivity index (χ0n) is 23.8. The minimum absolute atomic E-state index is 0.764. The van der Waals surface area contributed by atoms with E-state index in [1.54, 1.807) is 0 Å². The zero-order chi connectivity index (χ0) is 26.9. The molecule has 0 heterocycles. The molecular weight excluding hydrogens is 485 g/mol. The van der Waals surface area contributed by atoms with Crippen LogP contribution in [0.3, 0.4) is 0 Å². The average molecular weight is 529 g/mol. The highest BCUT2D eigenvalue weighted by atomic mass is 28.3. The molecule has 0 aromatic heterocycles. The molecule has 0 N–H and O–H groups in total. The quantitative estimate of drug-likeness (QED) is 0.135. The highest BCUT2D eigenvalue weighted by molar-refractivity contribution is 6.73. The molecule has 0 aliphatic heterocycles. The van der Waals surface area contributed by atoms with Gasteiger partial charge in [-0.1, -0.05) is 130 Å². The van der Waals surface area contributed by atoms with Crippen molar-refractivity contribution in [2.45, 2.75) is 72.1 Å². The SMILES string of the molecule is CC(CC(Cc1ccccc1)=NN(Cc1ccccc1)[Si](C)(C)C)=NN(Cc1ccccc1)[Si](C)(C)C. The van der Waals surface area contributed by atoms with Gasteiger partial charge in [0.15, 0.2) is 16.5 Å². The molecule has 0 fully saturated rings. The van der Waals surface area contributed by atoms with E-state index in [-0.39, 0.29) is 0 Å². The zero-order valence-corrected chi connectivity index (χ0v) is 25.8. The minimum Gasteiger partial charge on any atom is -0.320 e. The lowest BCUT2D eigenvalue weighted by atomic mass is 10.0. The Hall–Kier alpha value is -2.97. The van der Waals surface area contributed by atoms with E-state index in [2.05, 4.69) is 147 Å². The first-order valence-corrected chi connectivity index (χ1v) is 20.2. The number of benzene rings is 3. The van der Waals surface area contributed by atoms with Gasteiger partial charge in [-0.2, -0.15) is 10.2 Å². The van der Waals surface area contributed by atoms with Crippen molar-refractivity contribution in [3.05, 3.63) is 108 Å². The second-order valence-electron chi connectivity index (χ2n) is 11.8. The minimum atomic E-state index is -1.71. The molecule has 0 atom stereocenters. The molecule has 0 saturated carbocycles. The molecule has 4 nitrogen and oxygen atoms in total. The van der Waals surface area contributed by atoms with Gasteiger partial charge in [0.05, 0.1) is 13.1 Å². The van der Waals surface area contributed by atoms with Crippen LogP contribution in [0.1, 0.15) is 30.0 Å². The monoisotopic (exact) mass is 528 g/mol. The highest BCUT2D eigenvalue weighted by Crippen LogP contribution is 2.19. The second-order valence-corrected chi connectivity index (χ2v) is 21.5. The summed E-state index contributed by atoms with van der Waals surface area (Å²) in [5.74, 6) is 0. The van der Waals surface area contributed by atoms with E-state index >= 15 is 0 Å². The van der Waals surface area contributed by atoms with Crippen molar-refractivity contribution in [2.75, 3.05) is 0 Å². The summed E-state index contributed by atoms with van der Waals surface area (Å²) in [7, 11) is -3.38. The van der Waals surface area contributed by atoms with Crippen molar-refractivity contribution in [2.24, 2.45) is 10.2 Å². The van der Waals surface area contributed by atoms with Crippen LogP contribution in [0.5, 0.6) is 0 Å². The number of rotatable bonds is 12. The largest absolute Gasteiger partial charge is 0.320 e. The molecule has 3 rings (SSSR count). The fourth-order valence-corrected chi connectivity index (χ4v) is 6.26. The Morgan fingerprint density at radius 1 is 0.568 bits per heavy atom. The van der Waals surface area contributed by atoms with E-state index in [0.29, 0.717) is 0 Å². The van der Waals surface area contributed by atoms with Gasteiger partial charge in [-0.05, 0) is 23.6 Å². The Labute approximate surface area is 226 Å². The van der Waals surface area contributed by atoms with Crippen LogP contribution in [0.4, 0.5) is 0 Å². The molecule has 0 bridgehead atoms. The molecule has 37 heavy (non-hydrogen) atoms. The van der Waals surface area contributed by atoms with Gasteiger partial charge in [0.1, 0.15) is 0 Å². The van der Waals surface area contributed by atoms with Crippen molar-refractivity contribution >= 4 is 27.9 Å². The maximum Gasteiger partial charge on any atom is 0.169 e. The van der Waals surface area contributed by atoms with E-state index in [1.807, 2.05) is 0 Å². The van der Waals surface area contributed by atoms with Gasteiger partial charge in [0, 0.05) is 24.3 Å². The van der Waals surface area contributed by atoms with E-state index in [9.17, 15) is 0 Å². The van der Waals surface area contributed by atoms with Gasteiger partial charge in [-0.15, -0.1) is 0 Å². The summed E-state index contributed by atoms with van der Waals surface area (Å²) in [5, 5.41) is 10.6. The van der Waals surface area contributed by atoms with Crippen LogP contribution in [0.25, 0.3) is 0 Å². The van der Waals surface area contributed by atoms with Crippen molar-refractivity contribution in [1.29, 1.82) is 0 Å². The van der Waals surface area contributed by atoms with Crippen LogP contribution < -0.4 is 0 Å². The van der Waals surface area contributed by atoms with Gasteiger partial charge in [0.25, 0.3) is 0 Å². The smallest absolute Gasteiger partial charge is 0.169 e. The predicted octanol–water partition coefficient (Wildman–Crippen LogP) is 8.03. The first kappa shape index (κ1) is 28.6. The molecule has 3 aromatic carbocycles. The van der Waals surface area contributed by atoms with Gasteiger partial charge in [-0.25, -0.2) is 0 Å². The number of hydrogen-bond donors (Lipinski definition) is 0. The van der Waals surface area contributed by atoms with Gasteiger partial charge >= 0.3 is 0 Å². The third-order valence-corrected chi connectivity index (χ3v) is 9.78. The first-order chi connectivity index (χ1) is 17.5. The van der Waals surface area contributed by atoms with E-state index in [0.717, 1.165) is 31.6 Å². The van der Waals surface area contributed by atoms with Crippen molar-refractivity contribution < 1.29 is 0 Å². The molecule has 0 radical (unpaired) electrons. The van der Waals surface area contributed by atoms with E-state index in [1.165, 1.54) is 22.4 Å². The molecule has 6 heteroatoms. The Kier molecular flexibility index (Phi) is 10.1. The third-order valence-electron chi connectivity index (χ3n) is 6.16. The van der Waals surface area contributed by atoms with Crippen LogP contribution in [-0.4, -0.2) is 37.2 Å². The number of nitrogens with zero attached hydrogens (tertiary/aromatic N) is 4. The van der Waals surface area contributed by atoms with E-state index < -0.39 is 16.5 Å². The summed E-state index contributed by atoms with van der Waals surface area (Å²) < 4.78 is 4.71. The fraction of sp³-hybridized carbons (Fsp3) is 0.355. The maximum absolute atomic E-state index is 5.36. The molecule has 0 aliphatic carbocycles. The summed E-state index contributed by atoms with van der Waals surface area (Å²) in [4.78, 5) is 0. The van der Waals surface area contributed by atoms with Crippen molar-refractivity contribution in [3.8, 4) is 0 Å². The highest BCUT2D eigenvalue weighted by Gasteiger charge is 2.25. The Bertz CT molecular complexity index is 1150. The summed E-state index contributed by atoms with van der Waals surface area (Å²) in [6, 6.07) is 32.1. The van der Waals surface area contributed by atoms with E-state index in [4.69, 9.17) is 10.2 Å². The first-order valence-electron chi connectivity index (χ1n) is 13.3. The summed E-state index contributed by atoms with van der Waals surface area (Å²) in [6.45, 7) is 18.0. The Morgan fingerprint density at radius 2 is 0.946 bits per heavy atom. The standard InChI is InChI=1S/C31H44N4Si2/c1-27(32-34(36(2,3)4)25-29-19-13-9-14-20-29)23-31(24-28-17-11-8-12-18-28)33-35(37(5,6)7)26-30-21-15-10-16-22-30/h8-22H,23-26H2,1-7H3.